The molecule has 0 saturated heterocycles. The summed E-state index contributed by atoms with van der Waals surface area (Å²) in [5.74, 6) is 1.91. The highest BCUT2D eigenvalue weighted by Crippen LogP contribution is 2.28. The van der Waals surface area contributed by atoms with Crippen molar-refractivity contribution in [2.75, 3.05) is 38.0 Å². The van der Waals surface area contributed by atoms with Crippen LogP contribution in [0.25, 0.3) is 11.1 Å². The van der Waals surface area contributed by atoms with Crippen molar-refractivity contribution in [3.05, 3.63) is 36.7 Å². The average Bonchev–Trinajstić information content (AvgIpc) is 2.39. The third kappa shape index (κ3) is 2.42. The summed E-state index contributed by atoms with van der Waals surface area (Å²) in [7, 11) is 7.98. The van der Waals surface area contributed by atoms with E-state index in [-0.39, 0.29) is 0 Å². The molecule has 2 aromatic rings. The number of pyridine rings is 2. The van der Waals surface area contributed by atoms with Gasteiger partial charge >= 0.3 is 0 Å². The maximum absolute atomic E-state index is 4.42. The van der Waals surface area contributed by atoms with Crippen LogP contribution >= 0.6 is 0 Å². The second kappa shape index (κ2) is 5.04. The SMILES string of the molecule is CN(C)c1cc(-c2cccnc2N(C)C)ccn1. The van der Waals surface area contributed by atoms with Crippen LogP contribution in [0.3, 0.4) is 0 Å². The average molecular weight is 242 g/mol. The highest BCUT2D eigenvalue weighted by molar-refractivity contribution is 5.76. The minimum atomic E-state index is 0.945. The molecule has 0 atom stereocenters. The fraction of sp³-hybridized carbons (Fsp3) is 0.286. The predicted molar refractivity (Wildman–Crippen MR) is 76.1 cm³/mol. The molecule has 4 heteroatoms. The lowest BCUT2D eigenvalue weighted by molar-refractivity contribution is 1.06. The largest absolute Gasteiger partial charge is 0.363 e. The molecule has 4 nitrogen and oxygen atoms in total. The maximum atomic E-state index is 4.42. The second-order valence-corrected chi connectivity index (χ2v) is 4.57. The Morgan fingerprint density at radius 2 is 1.67 bits per heavy atom. The van der Waals surface area contributed by atoms with Gasteiger partial charge in [-0.3, -0.25) is 0 Å². The lowest BCUT2D eigenvalue weighted by Gasteiger charge is -2.17. The van der Waals surface area contributed by atoms with Gasteiger partial charge in [-0.2, -0.15) is 0 Å². The first-order valence-electron chi connectivity index (χ1n) is 5.85. The predicted octanol–water partition coefficient (Wildman–Crippen LogP) is 2.28. The number of hydrogen-bond donors (Lipinski definition) is 0. The molecule has 94 valence electrons. The van der Waals surface area contributed by atoms with Gasteiger partial charge in [-0.25, -0.2) is 9.97 Å². The Kier molecular flexibility index (Phi) is 3.46. The monoisotopic (exact) mass is 242 g/mol. The standard InChI is InChI=1S/C14H18N4/c1-17(2)13-10-11(7-9-15-13)12-6-5-8-16-14(12)18(3)4/h5-10H,1-4H3. The van der Waals surface area contributed by atoms with Gasteiger partial charge in [0.05, 0.1) is 0 Å². The zero-order chi connectivity index (χ0) is 13.1. The molecule has 2 heterocycles. The molecule has 0 aliphatic carbocycles. The molecule has 0 aliphatic rings. The topological polar surface area (TPSA) is 32.3 Å². The van der Waals surface area contributed by atoms with Crippen LogP contribution < -0.4 is 9.80 Å². The van der Waals surface area contributed by atoms with E-state index in [2.05, 4.69) is 22.1 Å². The highest BCUT2D eigenvalue weighted by atomic mass is 15.1. The number of aromatic nitrogens is 2. The molecule has 0 amide bonds. The fourth-order valence-corrected chi connectivity index (χ4v) is 1.81. The quantitative estimate of drug-likeness (QED) is 0.826. The summed E-state index contributed by atoms with van der Waals surface area (Å²) < 4.78 is 0. The molecule has 0 fully saturated rings. The molecule has 0 unspecified atom stereocenters. The molecule has 0 bridgehead atoms. The van der Waals surface area contributed by atoms with Crippen LogP contribution in [0.5, 0.6) is 0 Å². The summed E-state index contributed by atoms with van der Waals surface area (Å²) >= 11 is 0. The van der Waals surface area contributed by atoms with Crippen LogP contribution in [0, 0.1) is 0 Å². The van der Waals surface area contributed by atoms with E-state index in [1.165, 1.54) is 0 Å². The summed E-state index contributed by atoms with van der Waals surface area (Å²) in [5.41, 5.74) is 2.25. The summed E-state index contributed by atoms with van der Waals surface area (Å²) in [4.78, 5) is 12.8. The molecule has 0 aliphatic heterocycles. The van der Waals surface area contributed by atoms with Crippen LogP contribution in [0.4, 0.5) is 11.6 Å². The molecule has 0 spiro atoms. The third-order valence-electron chi connectivity index (χ3n) is 2.72. The molecule has 0 saturated carbocycles. The van der Waals surface area contributed by atoms with Gasteiger partial charge in [-0.15, -0.1) is 0 Å². The van der Waals surface area contributed by atoms with Crippen LogP contribution in [0.1, 0.15) is 0 Å². The van der Waals surface area contributed by atoms with Crippen LogP contribution in [0.2, 0.25) is 0 Å². The van der Waals surface area contributed by atoms with Crippen molar-refractivity contribution in [2.24, 2.45) is 0 Å². The van der Waals surface area contributed by atoms with Gasteiger partial charge in [0, 0.05) is 46.1 Å². The van der Waals surface area contributed by atoms with Crippen LogP contribution in [-0.2, 0) is 0 Å². The first kappa shape index (κ1) is 12.4. The summed E-state index contributed by atoms with van der Waals surface area (Å²) in [6, 6.07) is 8.12. The minimum Gasteiger partial charge on any atom is -0.363 e. The Morgan fingerprint density at radius 3 is 2.33 bits per heavy atom. The summed E-state index contributed by atoms with van der Waals surface area (Å²) in [6.45, 7) is 0. The van der Waals surface area contributed by atoms with Crippen molar-refractivity contribution in [3.8, 4) is 11.1 Å². The van der Waals surface area contributed by atoms with E-state index in [0.717, 1.165) is 22.8 Å². The smallest absolute Gasteiger partial charge is 0.135 e. The van der Waals surface area contributed by atoms with Gasteiger partial charge in [0.25, 0.3) is 0 Å². The van der Waals surface area contributed by atoms with Crippen LogP contribution in [-0.4, -0.2) is 38.2 Å². The fourth-order valence-electron chi connectivity index (χ4n) is 1.81. The number of rotatable bonds is 3. The van der Waals surface area contributed by atoms with Gasteiger partial charge in [0.1, 0.15) is 11.6 Å². The summed E-state index contributed by atoms with van der Waals surface area (Å²) in [6.07, 6.45) is 3.64. The number of anilines is 2. The Hall–Kier alpha value is -2.10. The van der Waals surface area contributed by atoms with E-state index >= 15 is 0 Å². The molecule has 2 rings (SSSR count). The van der Waals surface area contributed by atoms with Gasteiger partial charge in [0.15, 0.2) is 0 Å². The Bertz CT molecular complexity index is 535. The zero-order valence-electron chi connectivity index (χ0n) is 11.3. The highest BCUT2D eigenvalue weighted by Gasteiger charge is 2.09. The van der Waals surface area contributed by atoms with Gasteiger partial charge in [0.2, 0.25) is 0 Å². The van der Waals surface area contributed by atoms with E-state index in [1.54, 1.807) is 0 Å². The van der Waals surface area contributed by atoms with Crippen molar-refractivity contribution in [3.63, 3.8) is 0 Å². The molecule has 0 radical (unpaired) electrons. The number of nitrogens with zero attached hydrogens (tertiary/aromatic N) is 4. The molecule has 0 aromatic carbocycles. The van der Waals surface area contributed by atoms with E-state index in [0.29, 0.717) is 0 Å². The summed E-state index contributed by atoms with van der Waals surface area (Å²) in [5, 5.41) is 0. The normalized spacial score (nSPS) is 10.2. The lowest BCUT2D eigenvalue weighted by atomic mass is 10.1. The van der Waals surface area contributed by atoms with E-state index in [4.69, 9.17) is 0 Å². The Balaban J connectivity index is 2.52. The Labute approximate surface area is 108 Å². The van der Waals surface area contributed by atoms with Crippen molar-refractivity contribution in [1.82, 2.24) is 9.97 Å². The zero-order valence-corrected chi connectivity index (χ0v) is 11.3. The van der Waals surface area contributed by atoms with Crippen LogP contribution in [0.15, 0.2) is 36.7 Å². The van der Waals surface area contributed by atoms with E-state index < -0.39 is 0 Å². The lowest BCUT2D eigenvalue weighted by Crippen LogP contribution is -2.12. The Morgan fingerprint density at radius 1 is 0.889 bits per heavy atom. The molecular formula is C14H18N4. The molecule has 0 N–H and O–H groups in total. The van der Waals surface area contributed by atoms with Gasteiger partial charge in [-0.1, -0.05) is 0 Å². The van der Waals surface area contributed by atoms with Crippen molar-refractivity contribution >= 4 is 11.6 Å². The van der Waals surface area contributed by atoms with Gasteiger partial charge in [-0.05, 0) is 29.8 Å². The molecule has 2 aromatic heterocycles. The van der Waals surface area contributed by atoms with E-state index in [9.17, 15) is 0 Å². The minimum absolute atomic E-state index is 0.945. The number of hydrogen-bond acceptors (Lipinski definition) is 4. The molecule has 18 heavy (non-hydrogen) atoms. The first-order chi connectivity index (χ1) is 8.59. The first-order valence-corrected chi connectivity index (χ1v) is 5.85. The van der Waals surface area contributed by atoms with E-state index in [1.807, 2.05) is 62.5 Å². The van der Waals surface area contributed by atoms with Crippen molar-refractivity contribution in [1.29, 1.82) is 0 Å². The molecular weight excluding hydrogens is 224 g/mol. The third-order valence-corrected chi connectivity index (χ3v) is 2.72. The maximum Gasteiger partial charge on any atom is 0.135 e. The van der Waals surface area contributed by atoms with Crippen molar-refractivity contribution < 1.29 is 0 Å². The second-order valence-electron chi connectivity index (χ2n) is 4.57. The van der Waals surface area contributed by atoms with Crippen molar-refractivity contribution in [2.45, 2.75) is 0 Å². The van der Waals surface area contributed by atoms with Gasteiger partial charge < -0.3 is 9.80 Å².